The van der Waals surface area contributed by atoms with Crippen LogP contribution in [-0.2, 0) is 11.2 Å². The number of benzene rings is 1. The van der Waals surface area contributed by atoms with E-state index in [1.165, 1.54) is 5.69 Å². The number of anilines is 1. The Kier molecular flexibility index (Phi) is 9.32. The van der Waals surface area contributed by atoms with Crippen molar-refractivity contribution in [2.24, 2.45) is 4.99 Å². The molecular weight excluding hydrogens is 491 g/mol. The van der Waals surface area contributed by atoms with E-state index in [9.17, 15) is 0 Å². The molecule has 164 valence electrons. The number of piperidine rings is 1. The van der Waals surface area contributed by atoms with Gasteiger partial charge in [-0.1, -0.05) is 18.2 Å². The van der Waals surface area contributed by atoms with Gasteiger partial charge in [-0.2, -0.15) is 0 Å². The Hall–Kier alpha value is -1.74. The molecule has 30 heavy (non-hydrogen) atoms. The van der Waals surface area contributed by atoms with Crippen molar-refractivity contribution in [3.05, 3.63) is 54.5 Å². The number of nitrogens with zero attached hydrogens (tertiary/aromatic N) is 2. The van der Waals surface area contributed by atoms with E-state index in [4.69, 9.17) is 14.1 Å². The van der Waals surface area contributed by atoms with Gasteiger partial charge >= 0.3 is 0 Å². The maximum atomic E-state index is 5.74. The van der Waals surface area contributed by atoms with Gasteiger partial charge in [-0.3, -0.25) is 4.99 Å². The summed E-state index contributed by atoms with van der Waals surface area (Å²) in [5.41, 5.74) is 1.31. The van der Waals surface area contributed by atoms with E-state index in [1.54, 1.807) is 6.26 Å². The van der Waals surface area contributed by atoms with Crippen LogP contribution < -0.4 is 15.5 Å². The summed E-state index contributed by atoms with van der Waals surface area (Å²) in [7, 11) is 0. The number of nitrogens with one attached hydrogen (secondary N) is 2. The Bertz CT molecular complexity index is 740. The molecule has 0 saturated carbocycles. The molecule has 2 aliphatic rings. The first-order valence-corrected chi connectivity index (χ1v) is 10.9. The summed E-state index contributed by atoms with van der Waals surface area (Å²) in [6.07, 6.45) is 7.30. The molecule has 3 heterocycles. The number of para-hydroxylation sites is 1. The Morgan fingerprint density at radius 3 is 2.60 bits per heavy atom. The molecule has 0 bridgehead atoms. The zero-order valence-corrected chi connectivity index (χ0v) is 19.8. The zero-order valence-electron chi connectivity index (χ0n) is 17.5. The maximum absolute atomic E-state index is 5.74. The summed E-state index contributed by atoms with van der Waals surface area (Å²) in [6, 6.07) is 15.1. The number of aliphatic imine (C=N–C) groups is 1. The molecule has 2 N–H and O–H groups in total. The Balaban J connectivity index is 0.00000256. The van der Waals surface area contributed by atoms with Crippen LogP contribution in [0.15, 0.2) is 58.1 Å². The van der Waals surface area contributed by atoms with Gasteiger partial charge in [0.2, 0.25) is 0 Å². The second kappa shape index (κ2) is 12.2. The van der Waals surface area contributed by atoms with E-state index in [0.717, 1.165) is 76.6 Å². The molecule has 2 aliphatic heterocycles. The summed E-state index contributed by atoms with van der Waals surface area (Å²) in [5, 5.41) is 7.14. The lowest BCUT2D eigenvalue weighted by atomic mass is 10.0. The van der Waals surface area contributed by atoms with Gasteiger partial charge in [-0.15, -0.1) is 24.0 Å². The summed E-state index contributed by atoms with van der Waals surface area (Å²) in [5.74, 6) is 1.89. The maximum Gasteiger partial charge on any atom is 0.191 e. The van der Waals surface area contributed by atoms with Gasteiger partial charge in [0.15, 0.2) is 5.96 Å². The lowest BCUT2D eigenvalue weighted by molar-refractivity contribution is 0.117. The second-order valence-electron chi connectivity index (χ2n) is 7.82. The number of furan rings is 1. The van der Waals surface area contributed by atoms with Crippen molar-refractivity contribution < 1.29 is 9.15 Å². The molecule has 1 atom stereocenters. The average Bonchev–Trinajstić information content (AvgIpc) is 3.47. The highest BCUT2D eigenvalue weighted by Gasteiger charge is 2.21. The van der Waals surface area contributed by atoms with E-state index in [-0.39, 0.29) is 30.1 Å². The van der Waals surface area contributed by atoms with Gasteiger partial charge < -0.3 is 24.7 Å². The van der Waals surface area contributed by atoms with Gasteiger partial charge in [-0.05, 0) is 49.9 Å². The first-order valence-electron chi connectivity index (χ1n) is 10.9. The Morgan fingerprint density at radius 1 is 1.07 bits per heavy atom. The van der Waals surface area contributed by atoms with Crippen molar-refractivity contribution in [3.63, 3.8) is 0 Å². The second-order valence-corrected chi connectivity index (χ2v) is 7.82. The fourth-order valence-corrected chi connectivity index (χ4v) is 4.01. The fourth-order valence-electron chi connectivity index (χ4n) is 4.01. The van der Waals surface area contributed by atoms with Crippen molar-refractivity contribution in [2.75, 3.05) is 37.7 Å². The van der Waals surface area contributed by atoms with Crippen molar-refractivity contribution in [2.45, 2.75) is 44.2 Å². The van der Waals surface area contributed by atoms with Crippen LogP contribution in [0, 0.1) is 0 Å². The molecule has 1 aromatic carbocycles. The van der Waals surface area contributed by atoms with Crippen molar-refractivity contribution in [3.8, 4) is 0 Å². The number of rotatable bonds is 7. The molecule has 4 rings (SSSR count). The summed E-state index contributed by atoms with van der Waals surface area (Å²) < 4.78 is 11.2. The SMILES string of the molecule is I.c1ccc(N2CCC(NC(=NCC3CCCO3)NCCc3ccco3)CC2)cc1. The lowest BCUT2D eigenvalue weighted by Gasteiger charge is -2.34. The summed E-state index contributed by atoms with van der Waals surface area (Å²) >= 11 is 0. The molecule has 1 unspecified atom stereocenters. The van der Waals surface area contributed by atoms with Gasteiger partial charge in [0.1, 0.15) is 5.76 Å². The lowest BCUT2D eigenvalue weighted by Crippen LogP contribution is -2.49. The molecule has 1 aromatic heterocycles. The highest BCUT2D eigenvalue weighted by atomic mass is 127. The fraction of sp³-hybridized carbons (Fsp3) is 0.522. The monoisotopic (exact) mass is 524 g/mol. The number of hydrogen-bond acceptors (Lipinski definition) is 4. The number of halogens is 1. The van der Waals surface area contributed by atoms with Crippen LogP contribution in [0.5, 0.6) is 0 Å². The molecular formula is C23H33IN4O2. The molecule has 0 aliphatic carbocycles. The molecule has 0 spiro atoms. The van der Waals surface area contributed by atoms with E-state index in [0.29, 0.717) is 6.04 Å². The standard InChI is InChI=1S/C23H32N4O2.HI/c1-2-6-20(7-3-1)27-14-11-19(12-15-27)26-23(25-18-22-9-5-17-29-22)24-13-10-21-8-4-16-28-21;/h1-4,6-8,16,19,22H,5,9-15,17-18H2,(H2,24,25,26);1H. The van der Waals surface area contributed by atoms with E-state index >= 15 is 0 Å². The number of hydrogen-bond donors (Lipinski definition) is 2. The average molecular weight is 524 g/mol. The van der Waals surface area contributed by atoms with Crippen LogP contribution in [0.4, 0.5) is 5.69 Å². The first-order chi connectivity index (χ1) is 14.4. The van der Waals surface area contributed by atoms with Crippen LogP contribution in [0.1, 0.15) is 31.4 Å². The number of ether oxygens (including phenoxy) is 1. The van der Waals surface area contributed by atoms with Gasteiger partial charge in [0.25, 0.3) is 0 Å². The normalized spacial score (nSPS) is 20.1. The summed E-state index contributed by atoms with van der Waals surface area (Å²) in [4.78, 5) is 7.29. The van der Waals surface area contributed by atoms with Crippen LogP contribution in [0.25, 0.3) is 0 Å². The van der Waals surface area contributed by atoms with Crippen LogP contribution in [0.2, 0.25) is 0 Å². The van der Waals surface area contributed by atoms with E-state index in [2.05, 4.69) is 45.9 Å². The number of guanidine groups is 1. The minimum Gasteiger partial charge on any atom is -0.469 e. The van der Waals surface area contributed by atoms with Crippen LogP contribution in [-0.4, -0.2) is 50.9 Å². The minimum atomic E-state index is 0. The van der Waals surface area contributed by atoms with Gasteiger partial charge in [0, 0.05) is 44.4 Å². The zero-order chi connectivity index (χ0) is 19.7. The Morgan fingerprint density at radius 2 is 1.90 bits per heavy atom. The summed E-state index contributed by atoms with van der Waals surface area (Å²) in [6.45, 7) is 4.51. The van der Waals surface area contributed by atoms with Gasteiger partial charge in [0.05, 0.1) is 18.9 Å². The molecule has 6 nitrogen and oxygen atoms in total. The van der Waals surface area contributed by atoms with Gasteiger partial charge in [-0.25, -0.2) is 0 Å². The van der Waals surface area contributed by atoms with E-state index < -0.39 is 0 Å². The first kappa shape index (κ1) is 22.9. The molecule has 7 heteroatoms. The van der Waals surface area contributed by atoms with E-state index in [1.807, 2.05) is 12.1 Å². The topological polar surface area (TPSA) is 62.0 Å². The van der Waals surface area contributed by atoms with Crippen molar-refractivity contribution in [1.29, 1.82) is 0 Å². The molecule has 2 fully saturated rings. The molecule has 0 radical (unpaired) electrons. The molecule has 2 saturated heterocycles. The molecule has 2 aromatic rings. The van der Waals surface area contributed by atoms with Crippen LogP contribution in [0.3, 0.4) is 0 Å². The van der Waals surface area contributed by atoms with Crippen LogP contribution >= 0.6 is 24.0 Å². The highest BCUT2D eigenvalue weighted by Crippen LogP contribution is 2.19. The predicted octanol–water partition coefficient (Wildman–Crippen LogP) is 3.82. The quantitative estimate of drug-likeness (QED) is 0.328. The molecule has 0 amide bonds. The Labute approximate surface area is 196 Å². The predicted molar refractivity (Wildman–Crippen MR) is 132 cm³/mol. The minimum absolute atomic E-state index is 0. The van der Waals surface area contributed by atoms with Crippen molar-refractivity contribution in [1.82, 2.24) is 10.6 Å². The highest BCUT2D eigenvalue weighted by molar-refractivity contribution is 14.0. The largest absolute Gasteiger partial charge is 0.469 e. The van der Waals surface area contributed by atoms with Crippen molar-refractivity contribution >= 4 is 35.6 Å². The third kappa shape index (κ3) is 6.91. The third-order valence-electron chi connectivity index (χ3n) is 5.68. The third-order valence-corrected chi connectivity index (χ3v) is 5.68. The smallest absolute Gasteiger partial charge is 0.191 e.